The fourth-order valence-corrected chi connectivity index (χ4v) is 4.54. The summed E-state index contributed by atoms with van der Waals surface area (Å²) in [6.45, 7) is 4.36. The molecule has 1 saturated heterocycles. The minimum absolute atomic E-state index is 0.134. The number of aliphatic hydroxyl groups excluding tert-OH is 1. The van der Waals surface area contributed by atoms with Crippen LogP contribution < -0.4 is 9.80 Å². The number of aryl methyl sites for hydroxylation is 1. The Morgan fingerprint density at radius 2 is 1.90 bits per heavy atom. The first-order valence-corrected chi connectivity index (χ1v) is 10.7. The summed E-state index contributed by atoms with van der Waals surface area (Å²) in [5.41, 5.74) is 5.18. The third-order valence-corrected chi connectivity index (χ3v) is 6.22. The Balaban J connectivity index is 1.48. The molecular weight excluding hydrogens is 398 g/mol. The van der Waals surface area contributed by atoms with Crippen molar-refractivity contribution in [1.29, 1.82) is 5.41 Å². The van der Waals surface area contributed by atoms with Crippen LogP contribution in [0.2, 0.25) is 5.02 Å². The summed E-state index contributed by atoms with van der Waals surface area (Å²) in [6, 6.07) is 11.8. The van der Waals surface area contributed by atoms with Gasteiger partial charge in [0.25, 0.3) is 0 Å². The maximum atomic E-state index is 10.7. The van der Waals surface area contributed by atoms with Gasteiger partial charge in [0, 0.05) is 29.5 Å². The van der Waals surface area contributed by atoms with Crippen LogP contribution in [0.3, 0.4) is 0 Å². The average Bonchev–Trinajstić information content (AvgIpc) is 3.29. The molecule has 5 rings (SSSR count). The van der Waals surface area contributed by atoms with Gasteiger partial charge in [-0.2, -0.15) is 0 Å². The highest BCUT2D eigenvalue weighted by Gasteiger charge is 2.32. The van der Waals surface area contributed by atoms with Gasteiger partial charge in [-0.15, -0.1) is 0 Å². The maximum absolute atomic E-state index is 10.7. The van der Waals surface area contributed by atoms with Crippen molar-refractivity contribution in [2.75, 3.05) is 29.4 Å². The minimum Gasteiger partial charge on any atom is -0.509 e. The molecule has 2 aliphatic heterocycles. The third kappa shape index (κ3) is 3.21. The lowest BCUT2D eigenvalue weighted by Gasteiger charge is -2.28. The standard InChI is InChI=1S/C23H24ClN5O/c1-14-5-6-15(24)11-19(14)29-13-20(30)21(22(29)25)23-26-17-8-7-16(12-18(17)27-23)28-9-3-2-4-10-28/h5-8,11-12,25,30H,2-4,9-10,13H2,1H3,(H,26,27). The first-order chi connectivity index (χ1) is 14.5. The monoisotopic (exact) mass is 421 g/mol. The van der Waals surface area contributed by atoms with E-state index in [9.17, 15) is 5.11 Å². The van der Waals surface area contributed by atoms with Crippen molar-refractivity contribution in [1.82, 2.24) is 9.97 Å². The van der Waals surface area contributed by atoms with Crippen molar-refractivity contribution in [2.24, 2.45) is 0 Å². The molecule has 3 aromatic rings. The number of rotatable bonds is 3. The smallest absolute Gasteiger partial charge is 0.145 e. The van der Waals surface area contributed by atoms with Gasteiger partial charge in [0.15, 0.2) is 0 Å². The van der Waals surface area contributed by atoms with Crippen LogP contribution in [0.1, 0.15) is 30.7 Å². The van der Waals surface area contributed by atoms with Gasteiger partial charge in [-0.1, -0.05) is 17.7 Å². The number of aromatic nitrogens is 2. The molecule has 0 radical (unpaired) electrons. The number of nitrogens with one attached hydrogen (secondary N) is 2. The predicted octanol–water partition coefficient (Wildman–Crippen LogP) is 5.28. The minimum atomic E-state index is 0.134. The lowest BCUT2D eigenvalue weighted by Crippen LogP contribution is -2.29. The summed E-state index contributed by atoms with van der Waals surface area (Å²) in [6.07, 6.45) is 3.75. The zero-order chi connectivity index (χ0) is 20.8. The highest BCUT2D eigenvalue weighted by atomic mass is 35.5. The number of hydrogen-bond donors (Lipinski definition) is 3. The third-order valence-electron chi connectivity index (χ3n) is 5.99. The van der Waals surface area contributed by atoms with Gasteiger partial charge in [0.1, 0.15) is 17.4 Å². The molecule has 30 heavy (non-hydrogen) atoms. The van der Waals surface area contributed by atoms with E-state index in [2.05, 4.69) is 27.0 Å². The zero-order valence-corrected chi connectivity index (χ0v) is 17.6. The molecule has 7 heteroatoms. The zero-order valence-electron chi connectivity index (χ0n) is 16.9. The highest BCUT2D eigenvalue weighted by molar-refractivity contribution is 6.32. The Morgan fingerprint density at radius 1 is 1.10 bits per heavy atom. The van der Waals surface area contributed by atoms with E-state index in [0.29, 0.717) is 16.4 Å². The van der Waals surface area contributed by atoms with Gasteiger partial charge in [-0.3, -0.25) is 5.41 Å². The SMILES string of the molecule is Cc1ccc(Cl)cc1N1CC(O)=C(c2nc3ccc(N4CCCCC4)cc3[nH]2)C1=N. The fourth-order valence-electron chi connectivity index (χ4n) is 4.37. The summed E-state index contributed by atoms with van der Waals surface area (Å²) >= 11 is 6.17. The quantitative estimate of drug-likeness (QED) is 0.537. The molecule has 0 unspecified atom stereocenters. The Kier molecular flexibility index (Phi) is 4.66. The molecule has 0 aliphatic carbocycles. The molecule has 0 amide bonds. The number of H-pyrrole nitrogens is 1. The van der Waals surface area contributed by atoms with Gasteiger partial charge in [0.05, 0.1) is 23.2 Å². The van der Waals surface area contributed by atoms with Crippen LogP contribution in [0.5, 0.6) is 0 Å². The molecule has 1 aromatic heterocycles. The van der Waals surface area contributed by atoms with Crippen molar-refractivity contribution in [3.8, 4) is 0 Å². The van der Waals surface area contributed by atoms with Gasteiger partial charge in [-0.05, 0) is 62.1 Å². The maximum Gasteiger partial charge on any atom is 0.145 e. The van der Waals surface area contributed by atoms with Crippen LogP contribution in [-0.2, 0) is 0 Å². The number of nitrogens with zero attached hydrogens (tertiary/aromatic N) is 3. The molecule has 154 valence electrons. The van der Waals surface area contributed by atoms with Crippen LogP contribution in [0.15, 0.2) is 42.2 Å². The van der Waals surface area contributed by atoms with Crippen molar-refractivity contribution in [3.63, 3.8) is 0 Å². The van der Waals surface area contributed by atoms with Crippen molar-refractivity contribution >= 4 is 45.4 Å². The Hall–Kier alpha value is -2.99. The van der Waals surface area contributed by atoms with Crippen LogP contribution in [0.25, 0.3) is 16.6 Å². The summed E-state index contributed by atoms with van der Waals surface area (Å²) in [4.78, 5) is 12.2. The highest BCUT2D eigenvalue weighted by Crippen LogP contribution is 2.34. The fraction of sp³-hybridized carbons (Fsp3) is 0.304. The molecule has 3 heterocycles. The van der Waals surface area contributed by atoms with Gasteiger partial charge >= 0.3 is 0 Å². The number of hydrogen-bond acceptors (Lipinski definition) is 4. The van der Waals surface area contributed by atoms with Crippen molar-refractivity contribution in [2.45, 2.75) is 26.2 Å². The van der Waals surface area contributed by atoms with Gasteiger partial charge < -0.3 is 19.9 Å². The summed E-state index contributed by atoms with van der Waals surface area (Å²) in [5, 5.41) is 20.0. The molecule has 1 fully saturated rings. The summed E-state index contributed by atoms with van der Waals surface area (Å²) in [5.74, 6) is 0.869. The van der Waals surface area contributed by atoms with E-state index >= 15 is 0 Å². The Bertz CT molecular complexity index is 1180. The Morgan fingerprint density at radius 3 is 2.70 bits per heavy atom. The van der Waals surface area contributed by atoms with Gasteiger partial charge in [0.2, 0.25) is 0 Å². The lowest BCUT2D eigenvalue weighted by molar-refractivity contribution is 0.411. The molecule has 2 aromatic carbocycles. The first kappa shape index (κ1) is 19.0. The van der Waals surface area contributed by atoms with E-state index < -0.39 is 0 Å². The molecule has 0 spiro atoms. The largest absolute Gasteiger partial charge is 0.509 e. The number of benzene rings is 2. The van der Waals surface area contributed by atoms with Crippen molar-refractivity contribution < 1.29 is 5.11 Å². The van der Waals surface area contributed by atoms with E-state index in [1.54, 1.807) is 4.90 Å². The number of fused-ring (bicyclic) bond motifs is 1. The molecule has 0 atom stereocenters. The second-order valence-electron chi connectivity index (χ2n) is 8.02. The van der Waals surface area contributed by atoms with Crippen LogP contribution in [-0.4, -0.2) is 40.5 Å². The van der Waals surface area contributed by atoms with Gasteiger partial charge in [-0.25, -0.2) is 4.98 Å². The van der Waals surface area contributed by atoms with Crippen LogP contribution >= 0.6 is 11.6 Å². The Labute approximate surface area is 180 Å². The molecular formula is C23H24ClN5O. The van der Waals surface area contributed by atoms with Crippen molar-refractivity contribution in [3.05, 3.63) is 58.6 Å². The number of aliphatic hydroxyl groups is 1. The number of aromatic amines is 1. The number of halogens is 1. The van der Waals surface area contributed by atoms with E-state index in [1.807, 2.05) is 31.2 Å². The number of piperidine rings is 1. The van der Waals surface area contributed by atoms with E-state index in [4.69, 9.17) is 17.0 Å². The van der Waals surface area contributed by atoms with Crippen LogP contribution in [0, 0.1) is 12.3 Å². The number of anilines is 2. The second kappa shape index (κ2) is 7.36. The average molecular weight is 422 g/mol. The summed E-state index contributed by atoms with van der Waals surface area (Å²) < 4.78 is 0. The van der Waals surface area contributed by atoms with E-state index in [1.165, 1.54) is 24.9 Å². The number of imidazole rings is 1. The van der Waals surface area contributed by atoms with E-state index in [-0.39, 0.29) is 18.1 Å². The normalized spacial score (nSPS) is 17.5. The van der Waals surface area contributed by atoms with E-state index in [0.717, 1.165) is 35.4 Å². The molecule has 2 aliphatic rings. The number of amidine groups is 1. The summed E-state index contributed by atoms with van der Waals surface area (Å²) in [7, 11) is 0. The predicted molar refractivity (Wildman–Crippen MR) is 123 cm³/mol. The second-order valence-corrected chi connectivity index (χ2v) is 8.46. The topological polar surface area (TPSA) is 79.2 Å². The first-order valence-electron chi connectivity index (χ1n) is 10.3. The molecule has 0 saturated carbocycles. The van der Waals surface area contributed by atoms with Crippen LogP contribution in [0.4, 0.5) is 11.4 Å². The molecule has 6 nitrogen and oxygen atoms in total. The molecule has 3 N–H and O–H groups in total. The lowest BCUT2D eigenvalue weighted by atomic mass is 10.1. The molecule has 0 bridgehead atoms.